The van der Waals surface area contributed by atoms with Crippen molar-refractivity contribution in [3.8, 4) is 0 Å². The highest BCUT2D eigenvalue weighted by molar-refractivity contribution is 6.39. The van der Waals surface area contributed by atoms with Gasteiger partial charge in [0.2, 0.25) is 0 Å². The quantitative estimate of drug-likeness (QED) is 0.509. The van der Waals surface area contributed by atoms with Gasteiger partial charge in [-0.2, -0.15) is 5.10 Å². The molecule has 2 N–H and O–H groups in total. The molecule has 25 heavy (non-hydrogen) atoms. The molecule has 0 spiro atoms. The molecule has 2 amide bonds. The number of para-hydroxylation sites is 1. The molecule has 130 valence electrons. The van der Waals surface area contributed by atoms with Gasteiger partial charge in [-0.3, -0.25) is 9.59 Å². The van der Waals surface area contributed by atoms with Crippen molar-refractivity contribution in [3.63, 3.8) is 0 Å². The van der Waals surface area contributed by atoms with Gasteiger partial charge in [0.05, 0.1) is 6.21 Å². The topological polar surface area (TPSA) is 70.6 Å². The van der Waals surface area contributed by atoms with Gasteiger partial charge in [0.15, 0.2) is 0 Å². The Bertz CT molecular complexity index is 773. The summed E-state index contributed by atoms with van der Waals surface area (Å²) >= 11 is 0. The van der Waals surface area contributed by atoms with Crippen LogP contribution in [0.3, 0.4) is 0 Å². The van der Waals surface area contributed by atoms with Crippen LogP contribution in [0.25, 0.3) is 0 Å². The number of nitrogens with one attached hydrogen (secondary N) is 2. The molecule has 0 aliphatic rings. The molecule has 0 heterocycles. The van der Waals surface area contributed by atoms with Gasteiger partial charge in [-0.15, -0.1) is 0 Å². The first-order valence-corrected chi connectivity index (χ1v) is 8.19. The monoisotopic (exact) mass is 337 g/mol. The van der Waals surface area contributed by atoms with Crippen LogP contribution >= 0.6 is 0 Å². The van der Waals surface area contributed by atoms with E-state index in [9.17, 15) is 9.59 Å². The van der Waals surface area contributed by atoms with E-state index in [0.717, 1.165) is 16.7 Å². The molecular formula is C20H23N3O2. The molecule has 0 atom stereocenters. The number of aryl methyl sites for hydroxylation is 2. The number of nitrogens with zero attached hydrogens (tertiary/aromatic N) is 1. The predicted octanol–water partition coefficient (Wildman–Crippen LogP) is 3.52. The van der Waals surface area contributed by atoms with E-state index in [1.54, 1.807) is 0 Å². The predicted molar refractivity (Wildman–Crippen MR) is 101 cm³/mol. The first-order chi connectivity index (χ1) is 11.9. The minimum Gasteiger partial charge on any atom is -0.317 e. The molecule has 2 aromatic rings. The van der Waals surface area contributed by atoms with Crippen molar-refractivity contribution in [2.75, 3.05) is 5.32 Å². The van der Waals surface area contributed by atoms with E-state index in [4.69, 9.17) is 0 Å². The van der Waals surface area contributed by atoms with Crippen LogP contribution in [0, 0.1) is 13.8 Å². The van der Waals surface area contributed by atoms with Gasteiger partial charge in [0, 0.05) is 5.69 Å². The summed E-state index contributed by atoms with van der Waals surface area (Å²) in [5.74, 6) is -1.10. The number of anilines is 1. The molecule has 0 aliphatic heterocycles. The number of hydrogen-bond acceptors (Lipinski definition) is 3. The van der Waals surface area contributed by atoms with Crippen LogP contribution in [-0.2, 0) is 9.59 Å². The van der Waals surface area contributed by atoms with Crippen LogP contribution < -0.4 is 10.7 Å². The second-order valence-corrected chi connectivity index (χ2v) is 6.24. The molecule has 0 bridgehead atoms. The Balaban J connectivity index is 1.94. The normalized spacial score (nSPS) is 10.9. The minimum absolute atomic E-state index is 0.458. The number of rotatable bonds is 4. The highest BCUT2D eigenvalue weighted by Gasteiger charge is 2.15. The summed E-state index contributed by atoms with van der Waals surface area (Å²) in [6, 6.07) is 13.5. The zero-order valence-electron chi connectivity index (χ0n) is 15.0. The zero-order chi connectivity index (χ0) is 18.4. The van der Waals surface area contributed by atoms with Crippen molar-refractivity contribution < 1.29 is 9.59 Å². The maximum Gasteiger partial charge on any atom is 0.329 e. The highest BCUT2D eigenvalue weighted by Crippen LogP contribution is 2.19. The number of carbonyl (C=O) groups is 2. The molecule has 0 aromatic heterocycles. The molecule has 0 radical (unpaired) electrons. The van der Waals surface area contributed by atoms with Crippen molar-refractivity contribution in [2.24, 2.45) is 5.10 Å². The van der Waals surface area contributed by atoms with Crippen LogP contribution in [0.2, 0.25) is 0 Å². The SMILES string of the molecule is Cc1cccc(C)c1NC(=O)C(=O)NN=Cc1ccc(C(C)C)cc1. The van der Waals surface area contributed by atoms with Crippen LogP contribution in [0.4, 0.5) is 5.69 Å². The lowest BCUT2D eigenvalue weighted by Gasteiger charge is -2.10. The summed E-state index contributed by atoms with van der Waals surface area (Å²) < 4.78 is 0. The van der Waals surface area contributed by atoms with Gasteiger partial charge in [0.25, 0.3) is 0 Å². The Hall–Kier alpha value is -2.95. The summed E-state index contributed by atoms with van der Waals surface area (Å²) in [5.41, 5.74) is 6.77. The van der Waals surface area contributed by atoms with E-state index in [1.807, 2.05) is 56.3 Å². The minimum atomic E-state index is -0.808. The highest BCUT2D eigenvalue weighted by atomic mass is 16.2. The Labute approximate surface area is 148 Å². The van der Waals surface area contributed by atoms with Crippen molar-refractivity contribution in [3.05, 3.63) is 64.7 Å². The van der Waals surface area contributed by atoms with Gasteiger partial charge in [-0.1, -0.05) is 56.3 Å². The third-order valence-electron chi connectivity index (χ3n) is 3.91. The zero-order valence-corrected chi connectivity index (χ0v) is 15.0. The summed E-state index contributed by atoms with van der Waals surface area (Å²) in [6.45, 7) is 8.00. The summed E-state index contributed by atoms with van der Waals surface area (Å²) in [4.78, 5) is 23.8. The molecule has 0 saturated heterocycles. The number of carbonyl (C=O) groups excluding carboxylic acids is 2. The second kappa shape index (κ2) is 8.24. The molecule has 0 aliphatic carbocycles. The van der Waals surface area contributed by atoms with Gasteiger partial charge in [0.1, 0.15) is 0 Å². The summed E-state index contributed by atoms with van der Waals surface area (Å²) in [7, 11) is 0. The van der Waals surface area contributed by atoms with Gasteiger partial charge < -0.3 is 5.32 Å². The maximum atomic E-state index is 12.0. The molecule has 0 saturated carbocycles. The fourth-order valence-electron chi connectivity index (χ4n) is 2.37. The Morgan fingerprint density at radius 3 is 2.12 bits per heavy atom. The lowest BCUT2D eigenvalue weighted by Crippen LogP contribution is -2.32. The van der Waals surface area contributed by atoms with E-state index in [0.29, 0.717) is 11.6 Å². The summed E-state index contributed by atoms with van der Waals surface area (Å²) in [5, 5.41) is 6.46. The van der Waals surface area contributed by atoms with Gasteiger partial charge in [-0.25, -0.2) is 5.43 Å². The fourth-order valence-corrected chi connectivity index (χ4v) is 2.37. The first kappa shape index (κ1) is 18.4. The average Bonchev–Trinajstić information content (AvgIpc) is 2.58. The standard InChI is InChI=1S/C20H23N3O2/c1-13(2)17-10-8-16(9-11-17)12-21-23-20(25)19(24)22-18-14(3)6-5-7-15(18)4/h5-13H,1-4H3,(H,22,24)(H,23,25). The maximum absolute atomic E-state index is 12.0. The smallest absolute Gasteiger partial charge is 0.317 e. The third kappa shape index (κ3) is 5.01. The average molecular weight is 337 g/mol. The van der Waals surface area contributed by atoms with E-state index in [1.165, 1.54) is 11.8 Å². The van der Waals surface area contributed by atoms with E-state index in [-0.39, 0.29) is 0 Å². The Kier molecular flexibility index (Phi) is 6.06. The third-order valence-corrected chi connectivity index (χ3v) is 3.91. The Morgan fingerprint density at radius 1 is 0.960 bits per heavy atom. The van der Waals surface area contributed by atoms with Crippen molar-refractivity contribution >= 4 is 23.7 Å². The van der Waals surface area contributed by atoms with Crippen LogP contribution in [0.15, 0.2) is 47.6 Å². The van der Waals surface area contributed by atoms with Gasteiger partial charge in [-0.05, 0) is 42.0 Å². The van der Waals surface area contributed by atoms with Gasteiger partial charge >= 0.3 is 11.8 Å². The molecule has 0 unspecified atom stereocenters. The molecule has 5 nitrogen and oxygen atoms in total. The summed E-state index contributed by atoms with van der Waals surface area (Å²) in [6.07, 6.45) is 1.51. The van der Waals surface area contributed by atoms with Crippen molar-refractivity contribution in [1.82, 2.24) is 5.43 Å². The number of hydrazone groups is 1. The molecule has 5 heteroatoms. The molecular weight excluding hydrogens is 314 g/mol. The first-order valence-electron chi connectivity index (χ1n) is 8.19. The molecule has 2 aromatic carbocycles. The van der Waals surface area contributed by atoms with Crippen LogP contribution in [0.1, 0.15) is 42.0 Å². The van der Waals surface area contributed by atoms with Crippen LogP contribution in [0.5, 0.6) is 0 Å². The van der Waals surface area contributed by atoms with E-state index >= 15 is 0 Å². The van der Waals surface area contributed by atoms with E-state index in [2.05, 4.69) is 29.7 Å². The molecule has 0 fully saturated rings. The fraction of sp³-hybridized carbons (Fsp3) is 0.250. The lowest BCUT2D eigenvalue weighted by molar-refractivity contribution is -0.136. The van der Waals surface area contributed by atoms with Crippen LogP contribution in [-0.4, -0.2) is 18.0 Å². The lowest BCUT2D eigenvalue weighted by atomic mass is 10.0. The van der Waals surface area contributed by atoms with E-state index < -0.39 is 11.8 Å². The largest absolute Gasteiger partial charge is 0.329 e. The number of amides is 2. The second-order valence-electron chi connectivity index (χ2n) is 6.24. The van der Waals surface area contributed by atoms with Crippen molar-refractivity contribution in [2.45, 2.75) is 33.6 Å². The number of benzene rings is 2. The van der Waals surface area contributed by atoms with Crippen molar-refractivity contribution in [1.29, 1.82) is 0 Å². The Morgan fingerprint density at radius 2 is 1.56 bits per heavy atom. The number of hydrogen-bond donors (Lipinski definition) is 2. The molecule has 2 rings (SSSR count).